The number of nitrogens with one attached hydrogen (secondary N) is 1. The van der Waals surface area contributed by atoms with E-state index >= 15 is 0 Å². The molecule has 1 fully saturated rings. The summed E-state index contributed by atoms with van der Waals surface area (Å²) in [5.74, 6) is -0.681. The van der Waals surface area contributed by atoms with Crippen molar-refractivity contribution in [2.45, 2.75) is 18.9 Å². The van der Waals surface area contributed by atoms with Crippen molar-refractivity contribution in [2.24, 2.45) is 5.73 Å². The highest BCUT2D eigenvalue weighted by molar-refractivity contribution is 6.30. The smallest absolute Gasteiger partial charge is 0.251 e. The van der Waals surface area contributed by atoms with E-state index in [1.54, 1.807) is 24.3 Å². The van der Waals surface area contributed by atoms with Crippen LogP contribution in [0.5, 0.6) is 0 Å². The molecule has 0 saturated carbocycles. The molecule has 1 aliphatic rings. The lowest BCUT2D eigenvalue weighted by atomic mass is 10.0. The summed E-state index contributed by atoms with van der Waals surface area (Å²) in [7, 11) is 0. The van der Waals surface area contributed by atoms with Gasteiger partial charge in [0.2, 0.25) is 5.91 Å². The van der Waals surface area contributed by atoms with Crippen LogP contribution in [0.2, 0.25) is 5.02 Å². The zero-order chi connectivity index (χ0) is 18.5. The third-order valence-corrected chi connectivity index (χ3v) is 4.94. The van der Waals surface area contributed by atoms with Crippen LogP contribution in [0.15, 0.2) is 48.5 Å². The summed E-state index contributed by atoms with van der Waals surface area (Å²) in [5.41, 5.74) is 7.22. The first-order valence-electron chi connectivity index (χ1n) is 8.72. The molecule has 136 valence electrons. The van der Waals surface area contributed by atoms with Crippen LogP contribution in [0.25, 0.3) is 0 Å². The number of carbonyl (C=O) groups excluding carboxylic acids is 2. The summed E-state index contributed by atoms with van der Waals surface area (Å²) in [6.45, 7) is 2.53. The topological polar surface area (TPSA) is 75.4 Å². The van der Waals surface area contributed by atoms with Gasteiger partial charge in [-0.05, 0) is 67.9 Å². The lowest BCUT2D eigenvalue weighted by molar-refractivity contribution is 0.0935. The number of rotatable bonds is 6. The number of nitrogens with zero attached hydrogens (tertiary/aromatic N) is 1. The number of carbonyl (C=O) groups is 2. The summed E-state index contributed by atoms with van der Waals surface area (Å²) in [6.07, 6.45) is 2.33. The highest BCUT2D eigenvalue weighted by atomic mass is 35.5. The third-order valence-electron chi connectivity index (χ3n) is 4.70. The van der Waals surface area contributed by atoms with E-state index in [0.29, 0.717) is 22.7 Å². The molecule has 0 bridgehead atoms. The largest absolute Gasteiger partial charge is 0.366 e. The van der Waals surface area contributed by atoms with Gasteiger partial charge in [0.05, 0.1) is 6.04 Å². The Morgan fingerprint density at radius 1 is 1.08 bits per heavy atom. The first-order chi connectivity index (χ1) is 12.5. The molecule has 1 atom stereocenters. The molecule has 2 amide bonds. The van der Waals surface area contributed by atoms with Gasteiger partial charge in [-0.2, -0.15) is 0 Å². The molecule has 5 nitrogen and oxygen atoms in total. The maximum absolute atomic E-state index is 12.5. The van der Waals surface area contributed by atoms with Crippen molar-refractivity contribution < 1.29 is 9.59 Å². The molecule has 1 aliphatic heterocycles. The number of benzene rings is 2. The summed E-state index contributed by atoms with van der Waals surface area (Å²) < 4.78 is 0. The second-order valence-corrected chi connectivity index (χ2v) is 6.90. The Balaban J connectivity index is 1.70. The summed E-state index contributed by atoms with van der Waals surface area (Å²) in [4.78, 5) is 26.0. The Morgan fingerprint density at radius 3 is 2.35 bits per heavy atom. The van der Waals surface area contributed by atoms with Gasteiger partial charge in [-0.1, -0.05) is 23.7 Å². The SMILES string of the molecule is NC(=O)c1ccc(C(=O)NCC(c2cccc(Cl)c2)N2CCCC2)cc1. The molecular weight excluding hydrogens is 350 g/mol. The Bertz CT molecular complexity index is 786. The van der Waals surface area contributed by atoms with Gasteiger partial charge < -0.3 is 11.1 Å². The van der Waals surface area contributed by atoms with Crippen LogP contribution < -0.4 is 11.1 Å². The summed E-state index contributed by atoms with van der Waals surface area (Å²) in [5, 5.41) is 3.70. The first-order valence-corrected chi connectivity index (χ1v) is 9.10. The van der Waals surface area contributed by atoms with Crippen LogP contribution in [-0.2, 0) is 0 Å². The van der Waals surface area contributed by atoms with Crippen LogP contribution in [0.1, 0.15) is 45.2 Å². The molecule has 26 heavy (non-hydrogen) atoms. The fraction of sp³-hybridized carbons (Fsp3) is 0.300. The molecule has 0 radical (unpaired) electrons. The molecule has 6 heteroatoms. The van der Waals surface area contributed by atoms with Gasteiger partial charge in [-0.3, -0.25) is 14.5 Å². The van der Waals surface area contributed by atoms with E-state index in [4.69, 9.17) is 17.3 Å². The molecule has 2 aromatic carbocycles. The second-order valence-electron chi connectivity index (χ2n) is 6.47. The second kappa shape index (κ2) is 8.34. The van der Waals surface area contributed by atoms with E-state index in [9.17, 15) is 9.59 Å². The van der Waals surface area contributed by atoms with Gasteiger partial charge in [0.15, 0.2) is 0 Å². The zero-order valence-electron chi connectivity index (χ0n) is 14.5. The highest BCUT2D eigenvalue weighted by Gasteiger charge is 2.24. The number of amides is 2. The molecular formula is C20H22ClN3O2. The predicted molar refractivity (Wildman–Crippen MR) is 102 cm³/mol. The molecule has 0 aliphatic carbocycles. The Hall–Kier alpha value is -2.37. The lowest BCUT2D eigenvalue weighted by Gasteiger charge is -2.28. The van der Waals surface area contributed by atoms with Crippen LogP contribution >= 0.6 is 11.6 Å². The molecule has 0 spiro atoms. The average Bonchev–Trinajstić information content (AvgIpc) is 3.16. The molecule has 1 saturated heterocycles. The number of likely N-dealkylation sites (tertiary alicyclic amines) is 1. The minimum atomic E-state index is -0.507. The Labute approximate surface area is 158 Å². The molecule has 3 N–H and O–H groups in total. The summed E-state index contributed by atoms with van der Waals surface area (Å²) >= 11 is 6.15. The van der Waals surface area contributed by atoms with Gasteiger partial charge in [-0.15, -0.1) is 0 Å². The average molecular weight is 372 g/mol. The van der Waals surface area contributed by atoms with Crippen molar-refractivity contribution in [2.75, 3.05) is 19.6 Å². The van der Waals surface area contributed by atoms with Gasteiger partial charge >= 0.3 is 0 Å². The summed E-state index contributed by atoms with van der Waals surface area (Å²) in [6, 6.07) is 14.2. The number of hydrogen-bond donors (Lipinski definition) is 2. The Morgan fingerprint density at radius 2 is 1.73 bits per heavy atom. The van der Waals surface area contributed by atoms with Crippen molar-refractivity contribution in [1.29, 1.82) is 0 Å². The minimum Gasteiger partial charge on any atom is -0.366 e. The van der Waals surface area contributed by atoms with Crippen molar-refractivity contribution >= 4 is 23.4 Å². The van der Waals surface area contributed by atoms with E-state index in [1.165, 1.54) is 12.8 Å². The molecule has 3 rings (SSSR count). The predicted octanol–water partition coefficient (Wildman–Crippen LogP) is 3.01. The fourth-order valence-electron chi connectivity index (χ4n) is 3.30. The highest BCUT2D eigenvalue weighted by Crippen LogP contribution is 2.26. The van der Waals surface area contributed by atoms with Crippen molar-refractivity contribution in [1.82, 2.24) is 10.2 Å². The van der Waals surface area contributed by atoms with E-state index in [-0.39, 0.29) is 11.9 Å². The van der Waals surface area contributed by atoms with Gasteiger partial charge in [0.1, 0.15) is 0 Å². The fourth-order valence-corrected chi connectivity index (χ4v) is 3.50. The number of hydrogen-bond acceptors (Lipinski definition) is 3. The van der Waals surface area contributed by atoms with Gasteiger partial charge in [0.25, 0.3) is 5.91 Å². The van der Waals surface area contributed by atoms with Gasteiger partial charge in [0, 0.05) is 22.7 Å². The lowest BCUT2D eigenvalue weighted by Crippen LogP contribution is -2.36. The first kappa shape index (κ1) is 18.4. The van der Waals surface area contributed by atoms with Gasteiger partial charge in [-0.25, -0.2) is 0 Å². The number of primary amides is 1. The Kier molecular flexibility index (Phi) is 5.91. The van der Waals surface area contributed by atoms with E-state index in [0.717, 1.165) is 18.7 Å². The molecule has 2 aromatic rings. The molecule has 1 heterocycles. The monoisotopic (exact) mass is 371 g/mol. The number of halogens is 1. The van der Waals surface area contributed by atoms with Crippen molar-refractivity contribution in [3.05, 3.63) is 70.2 Å². The zero-order valence-corrected chi connectivity index (χ0v) is 15.2. The van der Waals surface area contributed by atoms with Crippen LogP contribution in [0, 0.1) is 0 Å². The quantitative estimate of drug-likeness (QED) is 0.819. The minimum absolute atomic E-state index is 0.0880. The normalized spacial score (nSPS) is 15.6. The van der Waals surface area contributed by atoms with Crippen LogP contribution in [0.3, 0.4) is 0 Å². The van der Waals surface area contributed by atoms with E-state index in [2.05, 4.69) is 10.2 Å². The van der Waals surface area contributed by atoms with Crippen LogP contribution in [-0.4, -0.2) is 36.3 Å². The number of nitrogens with two attached hydrogens (primary N) is 1. The molecule has 1 unspecified atom stereocenters. The van der Waals surface area contributed by atoms with Crippen LogP contribution in [0.4, 0.5) is 0 Å². The van der Waals surface area contributed by atoms with E-state index < -0.39 is 5.91 Å². The maximum Gasteiger partial charge on any atom is 0.251 e. The third kappa shape index (κ3) is 4.42. The van der Waals surface area contributed by atoms with E-state index in [1.807, 2.05) is 24.3 Å². The standard InChI is InChI=1S/C20H22ClN3O2/c21-17-5-3-4-16(12-17)18(24-10-1-2-11-24)13-23-20(26)15-8-6-14(7-9-15)19(22)25/h3-9,12,18H,1-2,10-11,13H2,(H2,22,25)(H,23,26). The van der Waals surface area contributed by atoms with Crippen molar-refractivity contribution in [3.63, 3.8) is 0 Å². The molecule has 0 aromatic heterocycles. The van der Waals surface area contributed by atoms with Crippen molar-refractivity contribution in [3.8, 4) is 0 Å². The maximum atomic E-state index is 12.5.